The molecule has 0 aliphatic heterocycles. The zero-order valence-corrected chi connectivity index (χ0v) is 15.1. The van der Waals surface area contributed by atoms with Gasteiger partial charge in [0, 0.05) is 30.7 Å². The third-order valence-corrected chi connectivity index (χ3v) is 5.19. The van der Waals surface area contributed by atoms with E-state index in [2.05, 4.69) is 25.4 Å². The van der Waals surface area contributed by atoms with Gasteiger partial charge in [0.15, 0.2) is 5.65 Å². The molecule has 142 valence electrons. The molecule has 0 radical (unpaired) electrons. The topological polar surface area (TPSA) is 115 Å². The SMILES string of the molecule is Cn1nc(-c2cnc3[nH]cc(C(=O)N[C@H]4C[C@@H](N)C4)c3n2)c2ccc(F)cc21. The molecular formula is C19H18FN7O. The Morgan fingerprint density at radius 2 is 2.21 bits per heavy atom. The Morgan fingerprint density at radius 3 is 3.00 bits per heavy atom. The van der Waals surface area contributed by atoms with E-state index >= 15 is 0 Å². The van der Waals surface area contributed by atoms with Crippen LogP contribution in [0.15, 0.2) is 30.6 Å². The van der Waals surface area contributed by atoms with E-state index in [-0.39, 0.29) is 23.8 Å². The zero-order valence-electron chi connectivity index (χ0n) is 15.1. The van der Waals surface area contributed by atoms with E-state index in [9.17, 15) is 9.18 Å². The number of fused-ring (bicyclic) bond motifs is 2. The molecule has 0 saturated heterocycles. The number of carbonyl (C=O) groups excluding carboxylic acids is 1. The first kappa shape index (κ1) is 16.8. The summed E-state index contributed by atoms with van der Waals surface area (Å²) in [5.74, 6) is -0.536. The van der Waals surface area contributed by atoms with Crippen molar-refractivity contribution in [3.05, 3.63) is 42.0 Å². The second-order valence-corrected chi connectivity index (χ2v) is 7.19. The average molecular weight is 379 g/mol. The minimum atomic E-state index is -0.330. The summed E-state index contributed by atoms with van der Waals surface area (Å²) in [5, 5.41) is 8.21. The van der Waals surface area contributed by atoms with Crippen LogP contribution in [0.5, 0.6) is 0 Å². The third kappa shape index (κ3) is 2.63. The van der Waals surface area contributed by atoms with Gasteiger partial charge in [-0.3, -0.25) is 9.48 Å². The van der Waals surface area contributed by atoms with E-state index in [1.807, 2.05) is 0 Å². The molecule has 0 atom stereocenters. The Balaban J connectivity index is 1.56. The zero-order chi connectivity index (χ0) is 19.4. The lowest BCUT2D eigenvalue weighted by Gasteiger charge is -2.32. The van der Waals surface area contributed by atoms with Crippen molar-refractivity contribution in [2.75, 3.05) is 0 Å². The maximum absolute atomic E-state index is 13.6. The van der Waals surface area contributed by atoms with Crippen LogP contribution in [0.3, 0.4) is 0 Å². The number of nitrogens with two attached hydrogens (primary N) is 1. The Labute approximate surface area is 159 Å². The van der Waals surface area contributed by atoms with Crippen molar-refractivity contribution >= 4 is 28.0 Å². The van der Waals surface area contributed by atoms with E-state index in [0.29, 0.717) is 33.6 Å². The number of rotatable bonds is 3. The number of aromatic amines is 1. The van der Waals surface area contributed by atoms with Crippen molar-refractivity contribution in [1.29, 1.82) is 0 Å². The predicted molar refractivity (Wildman–Crippen MR) is 102 cm³/mol. The van der Waals surface area contributed by atoms with Crippen LogP contribution in [-0.2, 0) is 7.05 Å². The first-order valence-electron chi connectivity index (χ1n) is 9.03. The van der Waals surface area contributed by atoms with E-state index in [1.165, 1.54) is 12.1 Å². The number of hydrogen-bond acceptors (Lipinski definition) is 5. The van der Waals surface area contributed by atoms with Gasteiger partial charge in [-0.15, -0.1) is 0 Å². The van der Waals surface area contributed by atoms with Gasteiger partial charge in [0.05, 0.1) is 17.3 Å². The average Bonchev–Trinajstić information content (AvgIpc) is 3.21. The summed E-state index contributed by atoms with van der Waals surface area (Å²) in [6, 6.07) is 4.73. The molecule has 8 nitrogen and oxygen atoms in total. The highest BCUT2D eigenvalue weighted by molar-refractivity contribution is 6.05. The van der Waals surface area contributed by atoms with Crippen molar-refractivity contribution in [2.45, 2.75) is 24.9 Å². The third-order valence-electron chi connectivity index (χ3n) is 5.19. The lowest BCUT2D eigenvalue weighted by molar-refractivity contribution is 0.0912. The van der Waals surface area contributed by atoms with Gasteiger partial charge >= 0.3 is 0 Å². The van der Waals surface area contributed by atoms with Crippen LogP contribution in [0, 0.1) is 5.82 Å². The number of hydrogen-bond donors (Lipinski definition) is 3. The van der Waals surface area contributed by atoms with Gasteiger partial charge in [0.25, 0.3) is 5.91 Å². The summed E-state index contributed by atoms with van der Waals surface area (Å²) < 4.78 is 15.2. The number of aromatic nitrogens is 5. The van der Waals surface area contributed by atoms with Crippen LogP contribution in [0.25, 0.3) is 33.5 Å². The maximum Gasteiger partial charge on any atom is 0.255 e. The molecule has 1 amide bonds. The Morgan fingerprint density at radius 1 is 1.39 bits per heavy atom. The van der Waals surface area contributed by atoms with Crippen molar-refractivity contribution in [3.63, 3.8) is 0 Å². The summed E-state index contributed by atoms with van der Waals surface area (Å²) >= 11 is 0. The Hall–Kier alpha value is -3.33. The van der Waals surface area contributed by atoms with Gasteiger partial charge in [-0.25, -0.2) is 14.4 Å². The second kappa shape index (κ2) is 6.10. The highest BCUT2D eigenvalue weighted by Crippen LogP contribution is 2.28. The van der Waals surface area contributed by atoms with Gasteiger partial charge in [-0.05, 0) is 31.0 Å². The van der Waals surface area contributed by atoms with Crippen LogP contribution in [-0.4, -0.2) is 42.7 Å². The predicted octanol–water partition coefficient (Wildman–Crippen LogP) is 1.87. The Kier molecular flexibility index (Phi) is 3.66. The molecule has 28 heavy (non-hydrogen) atoms. The molecule has 3 aromatic heterocycles. The molecule has 1 aliphatic rings. The Bertz CT molecular complexity index is 1220. The number of amides is 1. The van der Waals surface area contributed by atoms with E-state index < -0.39 is 0 Å². The maximum atomic E-state index is 13.6. The summed E-state index contributed by atoms with van der Waals surface area (Å²) in [4.78, 5) is 24.6. The van der Waals surface area contributed by atoms with Crippen molar-refractivity contribution < 1.29 is 9.18 Å². The standard InChI is InChI=1S/C19H18FN7O/c1-27-15-4-9(20)2-3-12(15)16(26-27)14-8-23-18-17(25-14)13(7-22-18)19(28)24-11-5-10(21)6-11/h2-4,7-8,10-11H,5-6,21H2,1H3,(H,22,23)(H,24,28)/t10-,11+. The molecule has 0 unspecified atom stereocenters. The molecule has 0 spiro atoms. The smallest absolute Gasteiger partial charge is 0.255 e. The molecule has 5 rings (SSSR count). The van der Waals surface area contributed by atoms with Crippen LogP contribution in [0.2, 0.25) is 0 Å². The number of H-pyrrole nitrogens is 1. The number of nitrogens with one attached hydrogen (secondary N) is 2. The number of aryl methyl sites for hydroxylation is 1. The van der Waals surface area contributed by atoms with E-state index in [1.54, 1.807) is 30.2 Å². The lowest BCUT2D eigenvalue weighted by Crippen LogP contribution is -2.50. The molecule has 3 heterocycles. The molecule has 1 aromatic carbocycles. The second-order valence-electron chi connectivity index (χ2n) is 7.19. The summed E-state index contributed by atoms with van der Waals surface area (Å²) in [6.45, 7) is 0. The number of benzene rings is 1. The molecule has 9 heteroatoms. The largest absolute Gasteiger partial charge is 0.349 e. The molecule has 4 N–H and O–H groups in total. The highest BCUT2D eigenvalue weighted by Gasteiger charge is 2.28. The van der Waals surface area contributed by atoms with E-state index in [4.69, 9.17) is 5.73 Å². The molecule has 0 bridgehead atoms. The summed E-state index contributed by atoms with van der Waals surface area (Å²) in [7, 11) is 1.75. The number of carbonyl (C=O) groups is 1. The lowest BCUT2D eigenvalue weighted by atomic mass is 9.87. The minimum absolute atomic E-state index is 0.0956. The van der Waals surface area contributed by atoms with Gasteiger partial charge in [-0.1, -0.05) is 0 Å². The number of halogens is 1. The fourth-order valence-corrected chi connectivity index (χ4v) is 3.64. The van der Waals surface area contributed by atoms with Crippen LogP contribution >= 0.6 is 0 Å². The molecular weight excluding hydrogens is 361 g/mol. The van der Waals surface area contributed by atoms with Crippen LogP contribution in [0.1, 0.15) is 23.2 Å². The summed E-state index contributed by atoms with van der Waals surface area (Å²) in [5.41, 5.74) is 8.96. The fraction of sp³-hybridized carbons (Fsp3) is 0.263. The van der Waals surface area contributed by atoms with Crippen molar-refractivity contribution in [1.82, 2.24) is 30.0 Å². The first-order chi connectivity index (χ1) is 13.5. The van der Waals surface area contributed by atoms with Crippen LogP contribution in [0.4, 0.5) is 4.39 Å². The minimum Gasteiger partial charge on any atom is -0.349 e. The van der Waals surface area contributed by atoms with Gasteiger partial charge in [0.1, 0.15) is 22.7 Å². The van der Waals surface area contributed by atoms with Crippen molar-refractivity contribution in [3.8, 4) is 11.4 Å². The molecule has 1 fully saturated rings. The van der Waals surface area contributed by atoms with Gasteiger partial charge in [-0.2, -0.15) is 5.10 Å². The fourth-order valence-electron chi connectivity index (χ4n) is 3.64. The van der Waals surface area contributed by atoms with E-state index in [0.717, 1.165) is 18.2 Å². The normalized spacial score (nSPS) is 19.1. The van der Waals surface area contributed by atoms with Crippen molar-refractivity contribution in [2.24, 2.45) is 12.8 Å². The van der Waals surface area contributed by atoms with Gasteiger partial charge in [0.2, 0.25) is 0 Å². The molecule has 1 aliphatic carbocycles. The molecule has 1 saturated carbocycles. The quantitative estimate of drug-likeness (QED) is 0.503. The van der Waals surface area contributed by atoms with Crippen LogP contribution < -0.4 is 11.1 Å². The first-order valence-corrected chi connectivity index (χ1v) is 9.03. The van der Waals surface area contributed by atoms with Gasteiger partial charge < -0.3 is 16.0 Å². The highest BCUT2D eigenvalue weighted by atomic mass is 19.1. The monoisotopic (exact) mass is 379 g/mol. The number of nitrogens with zero attached hydrogens (tertiary/aromatic N) is 4. The molecule has 4 aromatic rings. The summed E-state index contributed by atoms with van der Waals surface area (Å²) in [6.07, 6.45) is 4.76.